The second-order valence-corrected chi connectivity index (χ2v) is 7.40. The molecule has 5 heteroatoms. The van der Waals surface area contributed by atoms with E-state index >= 15 is 0 Å². The molecule has 3 aromatic rings. The molecule has 4 nitrogen and oxygen atoms in total. The van der Waals surface area contributed by atoms with Crippen molar-refractivity contribution in [3.63, 3.8) is 0 Å². The van der Waals surface area contributed by atoms with Crippen LogP contribution in [0.15, 0.2) is 42.6 Å². The first-order valence-electron chi connectivity index (χ1n) is 8.93. The molecular weight excluding hydrogens is 342 g/mol. The van der Waals surface area contributed by atoms with E-state index in [1.165, 1.54) is 22.0 Å². The van der Waals surface area contributed by atoms with Crippen LogP contribution >= 0.6 is 12.2 Å². The van der Waals surface area contributed by atoms with Crippen molar-refractivity contribution in [1.82, 2.24) is 4.57 Å². The fourth-order valence-corrected chi connectivity index (χ4v) is 3.94. The van der Waals surface area contributed by atoms with Crippen LogP contribution in [0.5, 0.6) is 0 Å². The van der Waals surface area contributed by atoms with Crippen molar-refractivity contribution in [2.24, 2.45) is 5.73 Å². The van der Waals surface area contributed by atoms with Crippen molar-refractivity contribution in [1.29, 1.82) is 0 Å². The monoisotopic (exact) mass is 365 g/mol. The van der Waals surface area contributed by atoms with Crippen molar-refractivity contribution in [2.75, 3.05) is 18.9 Å². The van der Waals surface area contributed by atoms with E-state index in [1.807, 2.05) is 12.1 Å². The summed E-state index contributed by atoms with van der Waals surface area (Å²) in [6.07, 6.45) is 4.29. The van der Waals surface area contributed by atoms with Crippen LogP contribution in [0.3, 0.4) is 0 Å². The summed E-state index contributed by atoms with van der Waals surface area (Å²) in [5.74, 6) is 0. The minimum absolute atomic E-state index is 0.420. The van der Waals surface area contributed by atoms with Gasteiger partial charge >= 0.3 is 0 Å². The van der Waals surface area contributed by atoms with Crippen molar-refractivity contribution in [2.45, 2.75) is 25.8 Å². The summed E-state index contributed by atoms with van der Waals surface area (Å²) in [4.78, 5) is 0.420. The highest BCUT2D eigenvalue weighted by molar-refractivity contribution is 7.80. The van der Waals surface area contributed by atoms with Gasteiger partial charge in [-0.3, -0.25) is 0 Å². The van der Waals surface area contributed by atoms with Crippen LogP contribution in [0.2, 0.25) is 0 Å². The number of fused-ring (bicyclic) bond motifs is 1. The lowest BCUT2D eigenvalue weighted by Gasteiger charge is -2.24. The van der Waals surface area contributed by atoms with E-state index < -0.39 is 0 Å². The van der Waals surface area contributed by atoms with Crippen molar-refractivity contribution < 1.29 is 4.74 Å². The molecule has 1 fully saturated rings. The number of aromatic nitrogens is 1. The summed E-state index contributed by atoms with van der Waals surface area (Å²) in [5.41, 5.74) is 18.4. The Morgan fingerprint density at radius 2 is 1.88 bits per heavy atom. The lowest BCUT2D eigenvalue weighted by atomic mass is 9.97. The van der Waals surface area contributed by atoms with Crippen LogP contribution in [0.4, 0.5) is 5.69 Å². The molecule has 0 radical (unpaired) electrons. The molecule has 134 valence electrons. The number of nitrogens with zero attached hydrogens (tertiary/aromatic N) is 1. The first-order chi connectivity index (χ1) is 12.5. The Kier molecular flexibility index (Phi) is 4.42. The first kappa shape index (κ1) is 17.1. The number of nitrogens with two attached hydrogens (primary N) is 2. The summed E-state index contributed by atoms with van der Waals surface area (Å²) in [7, 11) is 0. The molecule has 1 aromatic heterocycles. The standard InChI is InChI=1S/C21H23N3OS/c1-13-2-3-14(21(23)26)10-18(13)19-12-24(16-6-8-25-9-7-16)20-11-15(22)4-5-17(19)20/h2-5,10-12,16H,6-9,22H2,1H3,(H2,23,26). The van der Waals surface area contributed by atoms with Gasteiger partial charge in [0.05, 0.1) is 5.52 Å². The number of hydrogen-bond acceptors (Lipinski definition) is 3. The molecule has 0 aliphatic carbocycles. The van der Waals surface area contributed by atoms with E-state index in [0.29, 0.717) is 11.0 Å². The van der Waals surface area contributed by atoms with E-state index in [4.69, 9.17) is 28.4 Å². The summed E-state index contributed by atoms with van der Waals surface area (Å²) in [5, 5.41) is 1.20. The Labute approximate surface area is 158 Å². The van der Waals surface area contributed by atoms with Gasteiger partial charge in [0, 0.05) is 47.7 Å². The van der Waals surface area contributed by atoms with E-state index in [1.54, 1.807) is 0 Å². The summed E-state index contributed by atoms with van der Waals surface area (Å²) in [6.45, 7) is 3.73. The van der Waals surface area contributed by atoms with Crippen LogP contribution < -0.4 is 11.5 Å². The zero-order chi connectivity index (χ0) is 18.3. The number of rotatable bonds is 3. The second kappa shape index (κ2) is 6.74. The van der Waals surface area contributed by atoms with Gasteiger partial charge in [0.2, 0.25) is 0 Å². The van der Waals surface area contributed by atoms with Crippen LogP contribution in [0.1, 0.15) is 30.0 Å². The Bertz CT molecular complexity index is 986. The highest BCUT2D eigenvalue weighted by Crippen LogP contribution is 2.37. The minimum Gasteiger partial charge on any atom is -0.399 e. The highest BCUT2D eigenvalue weighted by atomic mass is 32.1. The molecule has 1 aliphatic heterocycles. The molecule has 0 atom stereocenters. The smallest absolute Gasteiger partial charge is 0.104 e. The molecule has 1 saturated heterocycles. The molecule has 0 bridgehead atoms. The molecule has 2 aromatic carbocycles. The van der Waals surface area contributed by atoms with Crippen molar-refractivity contribution in [3.8, 4) is 11.1 Å². The number of anilines is 1. The average Bonchev–Trinajstić information content (AvgIpc) is 3.01. The fraction of sp³-hybridized carbons (Fsp3) is 0.286. The number of nitrogen functional groups attached to an aromatic ring is 1. The summed E-state index contributed by atoms with van der Waals surface area (Å²) in [6, 6.07) is 12.7. The van der Waals surface area contributed by atoms with Gasteiger partial charge in [-0.25, -0.2) is 0 Å². The van der Waals surface area contributed by atoms with Crippen LogP contribution in [0.25, 0.3) is 22.0 Å². The highest BCUT2D eigenvalue weighted by Gasteiger charge is 2.20. The predicted molar refractivity (Wildman–Crippen MR) is 112 cm³/mol. The molecule has 0 spiro atoms. The maximum Gasteiger partial charge on any atom is 0.104 e. The average molecular weight is 366 g/mol. The third-order valence-electron chi connectivity index (χ3n) is 5.25. The molecule has 0 amide bonds. The maximum atomic E-state index is 6.09. The van der Waals surface area contributed by atoms with Crippen molar-refractivity contribution in [3.05, 3.63) is 53.7 Å². The molecule has 26 heavy (non-hydrogen) atoms. The third kappa shape index (κ3) is 2.97. The zero-order valence-electron chi connectivity index (χ0n) is 14.9. The number of thiocarbonyl (C=S) groups is 1. The zero-order valence-corrected chi connectivity index (χ0v) is 15.7. The molecule has 4 rings (SSSR count). The Morgan fingerprint density at radius 1 is 1.12 bits per heavy atom. The number of hydrogen-bond donors (Lipinski definition) is 2. The van der Waals surface area contributed by atoms with Gasteiger partial charge in [0.15, 0.2) is 0 Å². The van der Waals surface area contributed by atoms with Gasteiger partial charge in [-0.1, -0.05) is 30.4 Å². The van der Waals surface area contributed by atoms with Crippen LogP contribution in [0, 0.1) is 6.92 Å². The molecule has 0 unspecified atom stereocenters. The first-order valence-corrected chi connectivity index (χ1v) is 9.34. The largest absolute Gasteiger partial charge is 0.399 e. The van der Waals surface area contributed by atoms with E-state index in [9.17, 15) is 0 Å². The van der Waals surface area contributed by atoms with Gasteiger partial charge in [-0.05, 0) is 49.1 Å². The number of benzene rings is 2. The van der Waals surface area contributed by atoms with E-state index in [2.05, 4.69) is 42.0 Å². The van der Waals surface area contributed by atoms with Gasteiger partial charge < -0.3 is 20.8 Å². The van der Waals surface area contributed by atoms with E-state index in [-0.39, 0.29) is 0 Å². The Balaban J connectivity index is 1.93. The molecule has 1 aliphatic rings. The maximum absolute atomic E-state index is 6.09. The summed E-state index contributed by atoms with van der Waals surface area (Å²) >= 11 is 5.18. The van der Waals surface area contributed by atoms with Crippen molar-refractivity contribution >= 4 is 33.8 Å². The van der Waals surface area contributed by atoms with Gasteiger partial charge in [-0.2, -0.15) is 0 Å². The molecule has 2 heterocycles. The summed E-state index contributed by atoms with van der Waals surface area (Å²) < 4.78 is 7.91. The van der Waals surface area contributed by atoms with Crippen LogP contribution in [-0.4, -0.2) is 22.8 Å². The lowest BCUT2D eigenvalue weighted by molar-refractivity contribution is 0.0707. The molecule has 4 N–H and O–H groups in total. The molecule has 0 saturated carbocycles. The quantitative estimate of drug-likeness (QED) is 0.540. The van der Waals surface area contributed by atoms with Gasteiger partial charge in [0.25, 0.3) is 0 Å². The minimum atomic E-state index is 0.420. The number of aryl methyl sites for hydroxylation is 1. The van der Waals surface area contributed by atoms with E-state index in [0.717, 1.165) is 42.9 Å². The van der Waals surface area contributed by atoms with Gasteiger partial charge in [0.1, 0.15) is 4.99 Å². The fourth-order valence-electron chi connectivity index (χ4n) is 3.81. The van der Waals surface area contributed by atoms with Gasteiger partial charge in [-0.15, -0.1) is 0 Å². The Hall–Kier alpha value is -2.37. The topological polar surface area (TPSA) is 66.2 Å². The number of ether oxygens (including phenoxy) is 1. The third-order valence-corrected chi connectivity index (χ3v) is 5.49. The second-order valence-electron chi connectivity index (χ2n) is 6.96. The van der Waals surface area contributed by atoms with Crippen LogP contribution in [-0.2, 0) is 4.74 Å². The molecular formula is C21H23N3OS. The Morgan fingerprint density at radius 3 is 2.62 bits per heavy atom. The predicted octanol–water partition coefficient (Wildman–Crippen LogP) is 4.18. The SMILES string of the molecule is Cc1ccc(C(N)=S)cc1-c1cn(C2CCOCC2)c2cc(N)ccc12. The normalized spacial score (nSPS) is 15.4. The lowest BCUT2D eigenvalue weighted by Crippen LogP contribution is -2.18.